The summed E-state index contributed by atoms with van der Waals surface area (Å²) in [6.07, 6.45) is -1.46. The smallest absolute Gasteiger partial charge is 0.277 e. The highest BCUT2D eigenvalue weighted by Crippen LogP contribution is 2.32. The molecule has 2 rings (SSSR count). The van der Waals surface area contributed by atoms with E-state index in [4.69, 9.17) is 34.8 Å². The van der Waals surface area contributed by atoms with Gasteiger partial charge in [-0.1, -0.05) is 40.9 Å². The Kier molecular flexibility index (Phi) is 6.97. The molecule has 0 aliphatic rings. The summed E-state index contributed by atoms with van der Waals surface area (Å²) >= 11 is 17.5. The van der Waals surface area contributed by atoms with Crippen LogP contribution in [0.25, 0.3) is 0 Å². The van der Waals surface area contributed by atoms with E-state index in [1.807, 2.05) is 0 Å². The van der Waals surface area contributed by atoms with Crippen LogP contribution in [0.15, 0.2) is 42.5 Å². The lowest BCUT2D eigenvalue weighted by molar-refractivity contribution is -0.394. The van der Waals surface area contributed by atoms with E-state index in [0.717, 1.165) is 18.2 Å². The van der Waals surface area contributed by atoms with Crippen molar-refractivity contribution >= 4 is 63.5 Å². The minimum absolute atomic E-state index is 0.117. The van der Waals surface area contributed by atoms with Crippen LogP contribution in [0.5, 0.6) is 0 Å². The molecule has 0 fully saturated rings. The molecule has 158 valence electrons. The van der Waals surface area contributed by atoms with Crippen LogP contribution in [0.3, 0.4) is 0 Å². The number of rotatable bonds is 7. The molecule has 0 radical (unpaired) electrons. The van der Waals surface area contributed by atoms with E-state index in [0.29, 0.717) is 6.07 Å². The zero-order valence-corrected chi connectivity index (χ0v) is 16.7. The molecule has 2 N–H and O–H groups in total. The van der Waals surface area contributed by atoms with Crippen LogP contribution in [0.1, 0.15) is 10.4 Å². The SMILES string of the molecule is O=C(N[C@H](Nc1cccc([N+](=O)[O-])c1)C(Cl)(Cl)Cl)c1cc([N+](=O)[O-])cc([N+](=O)[O-])c1. The number of nitro groups is 3. The van der Waals surface area contributed by atoms with Gasteiger partial charge >= 0.3 is 0 Å². The maximum atomic E-state index is 12.5. The minimum Gasteiger partial charge on any atom is -0.362 e. The quantitative estimate of drug-likeness (QED) is 0.260. The molecule has 15 heteroatoms. The van der Waals surface area contributed by atoms with Gasteiger partial charge in [-0.3, -0.25) is 35.1 Å². The summed E-state index contributed by atoms with van der Waals surface area (Å²) in [5.41, 5.74) is -1.97. The van der Waals surface area contributed by atoms with Crippen molar-refractivity contribution in [1.82, 2.24) is 5.32 Å². The molecule has 0 unspecified atom stereocenters. The molecular weight excluding hydrogens is 469 g/mol. The van der Waals surface area contributed by atoms with Gasteiger partial charge < -0.3 is 10.6 Å². The van der Waals surface area contributed by atoms with Crippen molar-refractivity contribution in [1.29, 1.82) is 0 Å². The summed E-state index contributed by atoms with van der Waals surface area (Å²) in [6, 6.07) is 7.40. The third-order valence-corrected chi connectivity index (χ3v) is 4.21. The molecule has 0 aliphatic heterocycles. The number of hydrogen-bond donors (Lipinski definition) is 2. The number of anilines is 1. The maximum absolute atomic E-state index is 12.5. The van der Waals surface area contributed by atoms with Gasteiger partial charge in [0, 0.05) is 30.0 Å². The molecule has 2 aromatic carbocycles. The Labute approximate surface area is 182 Å². The zero-order valence-electron chi connectivity index (χ0n) is 14.5. The third-order valence-electron chi connectivity index (χ3n) is 3.56. The Hall–Kier alpha value is -3.22. The fourth-order valence-electron chi connectivity index (χ4n) is 2.23. The second-order valence-electron chi connectivity index (χ2n) is 5.65. The number of alkyl halides is 3. The van der Waals surface area contributed by atoms with E-state index in [2.05, 4.69) is 10.6 Å². The predicted molar refractivity (Wildman–Crippen MR) is 108 cm³/mol. The van der Waals surface area contributed by atoms with Gasteiger partial charge in [0.2, 0.25) is 3.79 Å². The van der Waals surface area contributed by atoms with Crippen LogP contribution < -0.4 is 10.6 Å². The molecule has 0 spiro atoms. The first-order valence-corrected chi connectivity index (χ1v) is 8.84. The highest BCUT2D eigenvalue weighted by molar-refractivity contribution is 6.68. The summed E-state index contributed by atoms with van der Waals surface area (Å²) in [5.74, 6) is -1.03. The molecule has 0 heterocycles. The predicted octanol–water partition coefficient (Wildman–Crippen LogP) is 3.95. The number of hydrogen-bond acceptors (Lipinski definition) is 8. The second-order valence-corrected chi connectivity index (χ2v) is 8.02. The summed E-state index contributed by atoms with van der Waals surface area (Å²) in [4.78, 5) is 42.9. The molecule has 0 aliphatic carbocycles. The van der Waals surface area contributed by atoms with Crippen LogP contribution in [-0.2, 0) is 0 Å². The first-order chi connectivity index (χ1) is 13.9. The van der Waals surface area contributed by atoms with E-state index >= 15 is 0 Å². The van der Waals surface area contributed by atoms with Crippen molar-refractivity contribution in [3.8, 4) is 0 Å². The number of benzene rings is 2. The minimum atomic E-state index is -2.17. The molecular formula is C15H10Cl3N5O7. The van der Waals surface area contributed by atoms with Crippen molar-refractivity contribution in [2.75, 3.05) is 5.32 Å². The normalized spacial score (nSPS) is 12.0. The van der Waals surface area contributed by atoms with Crippen LogP contribution in [0.2, 0.25) is 0 Å². The van der Waals surface area contributed by atoms with E-state index in [9.17, 15) is 35.1 Å². The maximum Gasteiger partial charge on any atom is 0.277 e. The average Bonchev–Trinajstić information content (AvgIpc) is 2.66. The first kappa shape index (κ1) is 23.1. The number of nitro benzene ring substituents is 3. The van der Waals surface area contributed by atoms with Crippen LogP contribution >= 0.6 is 34.8 Å². The number of amides is 1. The van der Waals surface area contributed by atoms with Crippen LogP contribution in [-0.4, -0.2) is 30.6 Å². The first-order valence-electron chi connectivity index (χ1n) is 7.71. The van der Waals surface area contributed by atoms with Gasteiger partial charge in [-0.2, -0.15) is 0 Å². The average molecular weight is 479 g/mol. The number of nitrogens with zero attached hydrogens (tertiary/aromatic N) is 3. The van der Waals surface area contributed by atoms with Gasteiger partial charge in [-0.25, -0.2) is 0 Å². The summed E-state index contributed by atoms with van der Waals surface area (Å²) in [7, 11) is 0. The van der Waals surface area contributed by atoms with Crippen molar-refractivity contribution in [2.45, 2.75) is 9.96 Å². The second kappa shape index (κ2) is 9.07. The van der Waals surface area contributed by atoms with Crippen molar-refractivity contribution in [3.05, 3.63) is 78.4 Å². The van der Waals surface area contributed by atoms with Gasteiger partial charge in [-0.15, -0.1) is 0 Å². The largest absolute Gasteiger partial charge is 0.362 e. The van der Waals surface area contributed by atoms with E-state index in [1.165, 1.54) is 18.2 Å². The third kappa shape index (κ3) is 5.89. The highest BCUT2D eigenvalue weighted by atomic mass is 35.6. The van der Waals surface area contributed by atoms with E-state index in [-0.39, 0.29) is 11.4 Å². The van der Waals surface area contributed by atoms with E-state index in [1.54, 1.807) is 0 Å². The Morgan fingerprint density at radius 3 is 1.87 bits per heavy atom. The lowest BCUT2D eigenvalue weighted by Crippen LogP contribution is -2.49. The lowest BCUT2D eigenvalue weighted by atomic mass is 10.1. The molecule has 0 saturated heterocycles. The number of halogens is 3. The van der Waals surface area contributed by atoms with E-state index < -0.39 is 47.6 Å². The monoisotopic (exact) mass is 477 g/mol. The van der Waals surface area contributed by atoms with Crippen molar-refractivity contribution < 1.29 is 19.6 Å². The summed E-state index contributed by atoms with van der Waals surface area (Å²) in [5, 5.41) is 37.7. The molecule has 0 aromatic heterocycles. The van der Waals surface area contributed by atoms with Crippen LogP contribution in [0.4, 0.5) is 22.7 Å². The van der Waals surface area contributed by atoms with Gasteiger partial charge in [-0.05, 0) is 6.07 Å². The Morgan fingerprint density at radius 2 is 1.40 bits per heavy atom. The fourth-order valence-corrected chi connectivity index (χ4v) is 2.55. The van der Waals surface area contributed by atoms with Gasteiger partial charge in [0.1, 0.15) is 6.17 Å². The molecule has 0 bridgehead atoms. The lowest BCUT2D eigenvalue weighted by Gasteiger charge is -2.27. The number of non-ortho nitro benzene ring substituents is 3. The zero-order chi connectivity index (χ0) is 22.6. The standard InChI is InChI=1S/C15H10Cl3N5O7/c16-15(17,18)14(19-9-2-1-3-10(6-9)21(25)26)20-13(24)8-4-11(22(27)28)7-12(5-8)23(29)30/h1-7,14,19H,(H,20,24)/t14-/m0/s1. The Bertz CT molecular complexity index is 996. The fraction of sp³-hybridized carbons (Fsp3) is 0.133. The summed E-state index contributed by atoms with van der Waals surface area (Å²) in [6.45, 7) is 0. The van der Waals surface area contributed by atoms with Gasteiger partial charge in [0.25, 0.3) is 23.0 Å². The van der Waals surface area contributed by atoms with Crippen molar-refractivity contribution in [2.24, 2.45) is 0 Å². The topological polar surface area (TPSA) is 171 Å². The molecule has 1 amide bonds. The summed E-state index contributed by atoms with van der Waals surface area (Å²) < 4.78 is -2.17. The molecule has 0 saturated carbocycles. The molecule has 2 aromatic rings. The van der Waals surface area contributed by atoms with Gasteiger partial charge in [0.05, 0.1) is 26.4 Å². The highest BCUT2D eigenvalue weighted by Gasteiger charge is 2.35. The van der Waals surface area contributed by atoms with Gasteiger partial charge in [0.15, 0.2) is 0 Å². The Balaban J connectivity index is 2.34. The molecule has 12 nitrogen and oxygen atoms in total. The Morgan fingerprint density at radius 1 is 0.867 bits per heavy atom. The number of carbonyl (C=O) groups is 1. The molecule has 1 atom stereocenters. The number of carbonyl (C=O) groups excluding carboxylic acids is 1. The number of nitrogens with one attached hydrogen (secondary N) is 2. The molecule has 30 heavy (non-hydrogen) atoms. The van der Waals surface area contributed by atoms with Crippen LogP contribution in [0, 0.1) is 30.3 Å². The van der Waals surface area contributed by atoms with Crippen molar-refractivity contribution in [3.63, 3.8) is 0 Å².